The number of nitro benzene ring substituents is 1. The van der Waals surface area contributed by atoms with Crippen molar-refractivity contribution in [3.8, 4) is 0 Å². The molecule has 0 spiro atoms. The minimum atomic E-state index is -0.534. The standard InChI is InChI=1S/C19H24N6O4/c1-19(2,3)29-18(26)24-10-8-23(9-11-24)14-4-5-16(25(27)28)15(12-14)22-17-6-7-20-13-21-17/h4-7,12-13H,8-11H2,1-3H3,(H,20,21,22). The van der Waals surface area contributed by atoms with E-state index in [-0.39, 0.29) is 11.8 Å². The van der Waals surface area contributed by atoms with Crippen LogP contribution < -0.4 is 10.2 Å². The summed E-state index contributed by atoms with van der Waals surface area (Å²) in [7, 11) is 0. The SMILES string of the molecule is CC(C)(C)OC(=O)N1CCN(c2ccc([N+](=O)[O-])c(Nc3ccncn3)c2)CC1. The van der Waals surface area contributed by atoms with Crippen molar-refractivity contribution in [1.82, 2.24) is 14.9 Å². The molecule has 0 saturated carbocycles. The number of piperazine rings is 1. The normalized spacial score (nSPS) is 14.4. The van der Waals surface area contributed by atoms with E-state index in [0.717, 1.165) is 5.69 Å². The molecule has 1 aliphatic heterocycles. The van der Waals surface area contributed by atoms with Crippen LogP contribution in [0.3, 0.4) is 0 Å². The lowest BCUT2D eigenvalue weighted by Gasteiger charge is -2.36. The maximum atomic E-state index is 12.2. The third-order valence-corrected chi connectivity index (χ3v) is 4.32. The molecule has 1 N–H and O–H groups in total. The van der Waals surface area contributed by atoms with Gasteiger partial charge in [-0.3, -0.25) is 10.1 Å². The number of benzene rings is 1. The Morgan fingerprint density at radius 1 is 1.21 bits per heavy atom. The minimum Gasteiger partial charge on any atom is -0.444 e. The van der Waals surface area contributed by atoms with Crippen LogP contribution in [0.2, 0.25) is 0 Å². The molecule has 1 saturated heterocycles. The Bertz CT molecular complexity index is 876. The molecule has 2 aromatic rings. The molecule has 0 atom stereocenters. The van der Waals surface area contributed by atoms with Crippen LogP contribution in [0.1, 0.15) is 20.8 Å². The third-order valence-electron chi connectivity index (χ3n) is 4.32. The summed E-state index contributed by atoms with van der Waals surface area (Å²) < 4.78 is 5.42. The molecule has 154 valence electrons. The average Bonchev–Trinajstić information content (AvgIpc) is 2.67. The molecule has 0 radical (unpaired) electrons. The van der Waals surface area contributed by atoms with Crippen LogP contribution in [-0.4, -0.2) is 57.7 Å². The highest BCUT2D eigenvalue weighted by Crippen LogP contribution is 2.32. The van der Waals surface area contributed by atoms with Gasteiger partial charge in [-0.1, -0.05) is 0 Å². The van der Waals surface area contributed by atoms with Crippen molar-refractivity contribution in [2.45, 2.75) is 26.4 Å². The highest BCUT2D eigenvalue weighted by Gasteiger charge is 2.26. The molecule has 0 unspecified atom stereocenters. The fourth-order valence-corrected chi connectivity index (χ4v) is 2.96. The molecule has 1 fully saturated rings. The topological polar surface area (TPSA) is 114 Å². The van der Waals surface area contributed by atoms with E-state index < -0.39 is 10.5 Å². The van der Waals surface area contributed by atoms with Crippen LogP contribution >= 0.6 is 0 Å². The van der Waals surface area contributed by atoms with Crippen LogP contribution in [0.25, 0.3) is 0 Å². The number of carbonyl (C=O) groups excluding carboxylic acids is 1. The second-order valence-electron chi connectivity index (χ2n) is 7.63. The molecule has 0 aliphatic carbocycles. The van der Waals surface area contributed by atoms with Gasteiger partial charge in [0.15, 0.2) is 0 Å². The summed E-state index contributed by atoms with van der Waals surface area (Å²) in [5.41, 5.74) is 0.602. The van der Waals surface area contributed by atoms with Crippen LogP contribution in [-0.2, 0) is 4.74 Å². The number of nitrogens with one attached hydrogen (secondary N) is 1. The van der Waals surface area contributed by atoms with Gasteiger partial charge >= 0.3 is 6.09 Å². The number of nitrogens with zero attached hydrogens (tertiary/aromatic N) is 5. The Morgan fingerprint density at radius 3 is 2.52 bits per heavy atom. The fraction of sp³-hybridized carbons (Fsp3) is 0.421. The zero-order valence-electron chi connectivity index (χ0n) is 16.7. The van der Waals surface area contributed by atoms with E-state index in [0.29, 0.717) is 37.7 Å². The van der Waals surface area contributed by atoms with E-state index in [1.54, 1.807) is 29.3 Å². The number of amides is 1. The number of hydrogen-bond donors (Lipinski definition) is 1. The number of rotatable bonds is 4. The molecule has 1 aromatic heterocycles. The van der Waals surface area contributed by atoms with Gasteiger partial charge < -0.3 is 19.9 Å². The molecular weight excluding hydrogens is 376 g/mol. The van der Waals surface area contributed by atoms with Crippen molar-refractivity contribution in [1.29, 1.82) is 0 Å². The van der Waals surface area contributed by atoms with Crippen molar-refractivity contribution in [3.05, 3.63) is 46.9 Å². The number of aromatic nitrogens is 2. The predicted molar refractivity (Wildman–Crippen MR) is 108 cm³/mol. The van der Waals surface area contributed by atoms with Crippen molar-refractivity contribution in [3.63, 3.8) is 0 Å². The number of hydrogen-bond acceptors (Lipinski definition) is 8. The summed E-state index contributed by atoms with van der Waals surface area (Å²) >= 11 is 0. The van der Waals surface area contributed by atoms with E-state index in [1.807, 2.05) is 20.8 Å². The smallest absolute Gasteiger partial charge is 0.410 e. The first-order valence-electron chi connectivity index (χ1n) is 9.27. The predicted octanol–water partition coefficient (Wildman–Crippen LogP) is 3.19. The molecular formula is C19H24N6O4. The molecule has 2 heterocycles. The Kier molecular flexibility index (Phi) is 5.81. The molecule has 10 heteroatoms. The zero-order chi connectivity index (χ0) is 21.0. The van der Waals surface area contributed by atoms with Gasteiger partial charge in [-0.2, -0.15) is 0 Å². The molecule has 10 nitrogen and oxygen atoms in total. The second kappa shape index (κ2) is 8.29. The van der Waals surface area contributed by atoms with Gasteiger partial charge in [-0.15, -0.1) is 0 Å². The van der Waals surface area contributed by atoms with E-state index in [9.17, 15) is 14.9 Å². The van der Waals surface area contributed by atoms with Gasteiger partial charge in [0.2, 0.25) is 0 Å². The largest absolute Gasteiger partial charge is 0.444 e. The van der Waals surface area contributed by atoms with Crippen LogP contribution in [0.4, 0.5) is 27.7 Å². The van der Waals surface area contributed by atoms with Gasteiger partial charge in [0, 0.05) is 44.1 Å². The lowest BCUT2D eigenvalue weighted by atomic mass is 10.2. The van der Waals surface area contributed by atoms with Gasteiger partial charge in [-0.05, 0) is 39.0 Å². The van der Waals surface area contributed by atoms with Crippen molar-refractivity contribution in [2.24, 2.45) is 0 Å². The summed E-state index contributed by atoms with van der Waals surface area (Å²) in [5.74, 6) is 0.468. The van der Waals surface area contributed by atoms with Crippen LogP contribution in [0.15, 0.2) is 36.8 Å². The maximum Gasteiger partial charge on any atom is 0.410 e. The van der Waals surface area contributed by atoms with Crippen LogP contribution in [0, 0.1) is 10.1 Å². The molecule has 0 bridgehead atoms. The van der Waals surface area contributed by atoms with Gasteiger partial charge in [-0.25, -0.2) is 14.8 Å². The van der Waals surface area contributed by atoms with Gasteiger partial charge in [0.1, 0.15) is 23.4 Å². The lowest BCUT2D eigenvalue weighted by Crippen LogP contribution is -2.50. The second-order valence-corrected chi connectivity index (χ2v) is 7.63. The van der Waals surface area contributed by atoms with E-state index in [4.69, 9.17) is 4.74 Å². The number of anilines is 3. The van der Waals surface area contributed by atoms with Gasteiger partial charge in [0.05, 0.1) is 4.92 Å². The van der Waals surface area contributed by atoms with Gasteiger partial charge in [0.25, 0.3) is 5.69 Å². The van der Waals surface area contributed by atoms with E-state index in [1.165, 1.54) is 12.4 Å². The Labute approximate surface area is 168 Å². The first-order valence-corrected chi connectivity index (χ1v) is 9.27. The maximum absolute atomic E-state index is 12.2. The molecule has 1 aromatic carbocycles. The Hall–Kier alpha value is -3.43. The van der Waals surface area contributed by atoms with Crippen molar-refractivity contribution < 1.29 is 14.5 Å². The number of nitro groups is 1. The highest BCUT2D eigenvalue weighted by molar-refractivity contribution is 5.73. The van der Waals surface area contributed by atoms with E-state index in [2.05, 4.69) is 20.2 Å². The lowest BCUT2D eigenvalue weighted by molar-refractivity contribution is -0.383. The fourth-order valence-electron chi connectivity index (χ4n) is 2.96. The first kappa shape index (κ1) is 20.3. The van der Waals surface area contributed by atoms with Crippen molar-refractivity contribution in [2.75, 3.05) is 36.4 Å². The quantitative estimate of drug-likeness (QED) is 0.615. The summed E-state index contributed by atoms with van der Waals surface area (Å²) in [6.07, 6.45) is 2.60. The number of carbonyl (C=O) groups is 1. The Morgan fingerprint density at radius 2 is 1.93 bits per heavy atom. The summed E-state index contributed by atoms with van der Waals surface area (Å²) in [6, 6.07) is 6.55. The van der Waals surface area contributed by atoms with E-state index >= 15 is 0 Å². The minimum absolute atomic E-state index is 0.0419. The Balaban J connectivity index is 1.72. The van der Waals surface area contributed by atoms with Crippen molar-refractivity contribution >= 4 is 29.0 Å². The monoisotopic (exact) mass is 400 g/mol. The third kappa shape index (κ3) is 5.31. The summed E-state index contributed by atoms with van der Waals surface area (Å²) in [4.78, 5) is 34.8. The average molecular weight is 400 g/mol. The highest BCUT2D eigenvalue weighted by atomic mass is 16.6. The molecule has 29 heavy (non-hydrogen) atoms. The summed E-state index contributed by atoms with van der Waals surface area (Å²) in [6.45, 7) is 7.74. The molecule has 3 rings (SSSR count). The molecule has 1 aliphatic rings. The molecule has 1 amide bonds. The van der Waals surface area contributed by atoms with Crippen LogP contribution in [0.5, 0.6) is 0 Å². The first-order chi connectivity index (χ1) is 13.7. The summed E-state index contributed by atoms with van der Waals surface area (Å²) in [5, 5.41) is 14.4. The zero-order valence-corrected chi connectivity index (χ0v) is 16.7. The number of ether oxygens (including phenoxy) is 1.